The number of anilines is 12. The van der Waals surface area contributed by atoms with Gasteiger partial charge in [0.15, 0.2) is 17.5 Å². The number of benzene rings is 3. The third-order valence-electron chi connectivity index (χ3n) is 22.2. The first kappa shape index (κ1) is 76.8. The van der Waals surface area contributed by atoms with Crippen LogP contribution in [0.3, 0.4) is 0 Å². The highest BCUT2D eigenvalue weighted by atomic mass is 127. The van der Waals surface area contributed by atoms with E-state index in [1.165, 1.54) is 42.1 Å². The Morgan fingerprint density at radius 1 is 0.481 bits per heavy atom. The lowest BCUT2D eigenvalue weighted by molar-refractivity contribution is -0.151. The van der Waals surface area contributed by atoms with E-state index in [9.17, 15) is 24.0 Å². The fourth-order valence-corrected chi connectivity index (χ4v) is 16.6. The van der Waals surface area contributed by atoms with E-state index in [1.54, 1.807) is 40.3 Å². The fraction of sp³-hybridized carbons (Fsp3) is 0.519. The summed E-state index contributed by atoms with van der Waals surface area (Å²) in [6.07, 6.45) is 38.7. The third-order valence-corrected chi connectivity index (χ3v) is 22.9. The van der Waals surface area contributed by atoms with E-state index in [0.717, 1.165) is 172 Å². The number of hydrogen-bond donors (Lipinski definition) is 5. The molecule has 106 heavy (non-hydrogen) atoms. The molecule has 564 valence electrons. The smallest absolute Gasteiger partial charge is 0.323 e. The number of fused-ring (bicyclic) bond motifs is 3. The molecule has 8 aliphatic rings. The van der Waals surface area contributed by atoms with Gasteiger partial charge in [-0.05, 0) is 211 Å². The van der Waals surface area contributed by atoms with Gasteiger partial charge in [0, 0.05) is 59.9 Å². The summed E-state index contributed by atoms with van der Waals surface area (Å²) in [5, 5.41) is 13.0. The van der Waals surface area contributed by atoms with E-state index in [2.05, 4.69) is 94.3 Å². The van der Waals surface area contributed by atoms with E-state index < -0.39 is 6.04 Å². The molecule has 0 radical (unpaired) electrons. The normalized spacial score (nSPS) is 20.7. The summed E-state index contributed by atoms with van der Waals surface area (Å²) in [7, 11) is 7.24. The molecule has 6 aromatic rings. The monoisotopic (exact) mass is 1560 g/mol. The first-order valence-corrected chi connectivity index (χ1v) is 39.8. The van der Waals surface area contributed by atoms with E-state index >= 15 is 0 Å². The lowest BCUT2D eigenvalue weighted by Crippen LogP contribution is -2.55. The Kier molecular flexibility index (Phi) is 26.2. The number of carbonyl (C=O) groups excluding carboxylic acids is 5. The molecule has 3 aromatic heterocycles. The van der Waals surface area contributed by atoms with Gasteiger partial charge in [-0.25, -0.2) is 15.0 Å². The van der Waals surface area contributed by atoms with Crippen molar-refractivity contribution in [3.63, 3.8) is 0 Å². The largest absolute Gasteiger partial charge is 0.461 e. The summed E-state index contributed by atoms with van der Waals surface area (Å²) in [5.74, 6) is 4.00. The van der Waals surface area contributed by atoms with Crippen molar-refractivity contribution in [2.24, 2.45) is 5.73 Å². The van der Waals surface area contributed by atoms with Crippen LogP contribution in [0.25, 0.3) is 12.2 Å². The number of nitrogens with zero attached hydrogens (tertiary/aromatic N) is 12. The van der Waals surface area contributed by atoms with Gasteiger partial charge in [-0.15, -0.1) is 0 Å². The van der Waals surface area contributed by atoms with Crippen LogP contribution in [0.15, 0.2) is 104 Å². The highest BCUT2D eigenvalue weighted by molar-refractivity contribution is 14.1. The van der Waals surface area contributed by atoms with Crippen LogP contribution in [0.5, 0.6) is 0 Å². The number of nitrogens with one attached hydrogen (secondary N) is 4. The number of carbonyl (C=O) groups is 5. The Bertz CT molecular complexity index is 4040. The maximum Gasteiger partial charge on any atom is 0.323 e. The van der Waals surface area contributed by atoms with Crippen molar-refractivity contribution < 1.29 is 33.4 Å². The summed E-state index contributed by atoms with van der Waals surface area (Å²) in [5.41, 5.74) is 13.1. The molecule has 25 heteroatoms. The topological polar surface area (TPSA) is 275 Å². The highest BCUT2D eigenvalue weighted by Gasteiger charge is 2.45. The molecule has 3 aromatic carbocycles. The van der Waals surface area contributed by atoms with Crippen molar-refractivity contribution in [2.45, 2.75) is 242 Å². The molecule has 5 atom stereocenters. The summed E-state index contributed by atoms with van der Waals surface area (Å²) in [4.78, 5) is 104. The molecule has 5 saturated carbocycles. The molecule has 24 nitrogen and oxygen atoms in total. The van der Waals surface area contributed by atoms with Crippen molar-refractivity contribution in [2.75, 3.05) is 73.5 Å². The van der Waals surface area contributed by atoms with Crippen LogP contribution < -0.4 is 56.4 Å². The van der Waals surface area contributed by atoms with Gasteiger partial charge in [0.1, 0.15) is 59.5 Å². The lowest BCUT2D eigenvalue weighted by atomic mass is 10.0. The number of amides is 3. The highest BCUT2D eigenvalue weighted by Crippen LogP contribution is 2.44. The summed E-state index contributed by atoms with van der Waals surface area (Å²) < 4.78 is 12.3. The second-order valence-electron chi connectivity index (χ2n) is 29.2. The molecule has 3 aliphatic heterocycles. The quantitative estimate of drug-likeness (QED) is 0.0294. The molecule has 0 bridgehead atoms. The number of likely N-dealkylation sites (N-methyl/N-ethyl adjacent to an activating group) is 4. The van der Waals surface area contributed by atoms with Crippen molar-refractivity contribution in [1.29, 1.82) is 0 Å². The summed E-state index contributed by atoms with van der Waals surface area (Å²) in [6.45, 7) is 6.21. The van der Waals surface area contributed by atoms with Crippen LogP contribution in [-0.2, 0) is 33.4 Å². The number of nitrogens with two attached hydrogens (primary N) is 1. The zero-order valence-electron chi connectivity index (χ0n) is 62.6. The minimum atomic E-state index is -0.644. The van der Waals surface area contributed by atoms with Gasteiger partial charge in [-0.1, -0.05) is 108 Å². The number of aromatic nitrogens is 6. The van der Waals surface area contributed by atoms with Crippen molar-refractivity contribution in [3.05, 3.63) is 118 Å². The van der Waals surface area contributed by atoms with Crippen LogP contribution in [0.4, 0.5) is 69.4 Å². The molecule has 6 N–H and O–H groups in total. The first-order chi connectivity index (χ1) is 51.5. The van der Waals surface area contributed by atoms with Crippen molar-refractivity contribution in [3.8, 4) is 0 Å². The van der Waals surface area contributed by atoms with Crippen LogP contribution in [0.1, 0.15) is 192 Å². The maximum absolute atomic E-state index is 13.1. The number of esters is 2. The molecule has 6 heterocycles. The molecular weight excluding hydrogens is 1450 g/mol. The molecule has 5 fully saturated rings. The molecule has 0 saturated heterocycles. The predicted molar refractivity (Wildman–Crippen MR) is 429 cm³/mol. The van der Waals surface area contributed by atoms with Gasteiger partial charge in [0.2, 0.25) is 35.6 Å². The summed E-state index contributed by atoms with van der Waals surface area (Å²) >= 11 is 2.29. The molecule has 14 rings (SSSR count). The molecule has 0 unspecified atom stereocenters. The number of hydrogen-bond acceptors (Lipinski definition) is 21. The van der Waals surface area contributed by atoms with Crippen molar-refractivity contribution in [1.82, 2.24) is 35.2 Å². The Hall–Kier alpha value is -8.82. The van der Waals surface area contributed by atoms with E-state index in [-0.39, 0.29) is 66.0 Å². The van der Waals surface area contributed by atoms with Gasteiger partial charge in [0.05, 0.1) is 18.6 Å². The van der Waals surface area contributed by atoms with Crippen LogP contribution in [0.2, 0.25) is 0 Å². The third kappa shape index (κ3) is 18.2. The Balaban J connectivity index is 0.000000152. The second kappa shape index (κ2) is 36.2. The van der Waals surface area contributed by atoms with Crippen molar-refractivity contribution >= 4 is 134 Å². The summed E-state index contributed by atoms with van der Waals surface area (Å²) in [6, 6.07) is 23.6. The van der Waals surface area contributed by atoms with Crippen LogP contribution in [-0.4, -0.2) is 148 Å². The average molecular weight is 1560 g/mol. The zero-order chi connectivity index (χ0) is 74.4. The lowest BCUT2D eigenvalue weighted by Gasteiger charge is -2.43. The van der Waals surface area contributed by atoms with Crippen LogP contribution in [0, 0.1) is 3.57 Å². The minimum absolute atomic E-state index is 0.0360. The van der Waals surface area contributed by atoms with Gasteiger partial charge in [-0.2, -0.15) is 15.0 Å². The molecule has 5 aliphatic carbocycles. The SMILES string of the molecule is CC[C@@H]1C(=O)N(C)c2cnc(Nc3ccc(/C=C/C[C@H](N)C(=O)OC4CCCC4)cc3)nc2N1C1CCCC1.CC[C@@H]1C(=O)N(C)c2cnc(Nc3ccc(/C=C/C[C@H](NC)C(=O)OC4CCCC4)cc3)nc2N1C1CCCC1.CC[C@@H]1C(=O)N(C)c2cnc(Nc3ccc(I)cc3)nc2N1C1CCCC1. The number of rotatable bonds is 23. The van der Waals surface area contributed by atoms with Gasteiger partial charge >= 0.3 is 11.9 Å². The van der Waals surface area contributed by atoms with Gasteiger partial charge in [-0.3, -0.25) is 24.0 Å². The predicted octanol–water partition coefficient (Wildman–Crippen LogP) is 14.5. The van der Waals surface area contributed by atoms with E-state index in [1.807, 2.05) is 118 Å². The first-order valence-electron chi connectivity index (χ1n) is 38.7. The Labute approximate surface area is 638 Å². The standard InChI is InChI=1S/C31H42N6O3.C30H40N6O3.C20H24IN5O/c1-4-26-29(38)36(3)27-20-33-31(35-28(27)37(26)23-11-5-6-12-23)34-22-18-16-21(17-19-22)10-9-15-25(32-2)30(39)40-24-13-7-8-14-24;1-3-25-28(37)35(2)26-19-32-30(34-27(26)36(25)22-10-4-5-11-22)33-21-17-15-20(16-18-21)9-8-14-24(31)29(38)39-23-12-6-7-13-23;1-3-16-19(27)25(2)17-12-22-20(23-14-10-8-13(21)9-11-14)24-18(17)26(16)15-6-4-5-7-15/h9-10,16-20,23-26,32H,4-8,11-15H2,1-3H3,(H,33,34,35);8-9,15-19,22-25H,3-7,10-14,31H2,1-2H3,(H,32,33,34);8-12,15-16H,3-7H2,1-2H3,(H,22,23,24)/b10-9+;9-8+;/t25-,26+;24-,25+;16-/m001/s1. The number of halogens is 1. The van der Waals surface area contributed by atoms with Gasteiger partial charge < -0.3 is 65.9 Å². The molecular formula is C81H106IN17O7. The zero-order valence-corrected chi connectivity index (χ0v) is 64.8. The van der Waals surface area contributed by atoms with E-state index in [0.29, 0.717) is 48.8 Å². The van der Waals surface area contributed by atoms with E-state index in [4.69, 9.17) is 30.2 Å². The van der Waals surface area contributed by atoms with Crippen LogP contribution >= 0.6 is 22.6 Å². The second-order valence-corrected chi connectivity index (χ2v) is 30.5. The van der Waals surface area contributed by atoms with Gasteiger partial charge in [0.25, 0.3) is 0 Å². The molecule has 0 spiro atoms. The maximum atomic E-state index is 13.1. The Morgan fingerprint density at radius 3 is 1.12 bits per heavy atom. The number of ether oxygens (including phenoxy) is 2. The average Bonchev–Trinajstić information content (AvgIpc) is 1.44. The Morgan fingerprint density at radius 2 is 0.792 bits per heavy atom. The minimum Gasteiger partial charge on any atom is -0.461 e. The fourth-order valence-electron chi connectivity index (χ4n) is 16.2. The molecule has 3 amide bonds.